The molecule has 0 saturated heterocycles. The van der Waals surface area contributed by atoms with E-state index in [2.05, 4.69) is 22.2 Å². The third kappa shape index (κ3) is 2.08. The fourth-order valence-corrected chi connectivity index (χ4v) is 3.63. The highest BCUT2D eigenvalue weighted by Crippen LogP contribution is 2.49. The summed E-state index contributed by atoms with van der Waals surface area (Å²) >= 11 is 0. The van der Waals surface area contributed by atoms with E-state index in [9.17, 15) is 0 Å². The lowest BCUT2D eigenvalue weighted by molar-refractivity contribution is 0.303. The lowest BCUT2D eigenvalue weighted by Gasteiger charge is -2.28. The lowest BCUT2D eigenvalue weighted by atomic mass is 9.84. The van der Waals surface area contributed by atoms with Gasteiger partial charge in [-0.25, -0.2) is 9.97 Å². The molecule has 17 heavy (non-hydrogen) atoms. The predicted octanol–water partition coefficient (Wildman–Crippen LogP) is 2.30. The normalized spacial score (nSPS) is 32.6. The van der Waals surface area contributed by atoms with E-state index in [1.807, 2.05) is 0 Å². The maximum absolute atomic E-state index is 5.58. The van der Waals surface area contributed by atoms with Crippen molar-refractivity contribution in [3.05, 3.63) is 12.4 Å². The molecule has 0 aromatic carbocycles. The summed E-state index contributed by atoms with van der Waals surface area (Å²) in [6.07, 6.45) is 9.01. The maximum Gasteiger partial charge on any atom is 0.222 e. The molecule has 1 aromatic heterocycles. The van der Waals surface area contributed by atoms with Crippen LogP contribution in [0.3, 0.4) is 0 Å². The van der Waals surface area contributed by atoms with Crippen molar-refractivity contribution < 1.29 is 0 Å². The summed E-state index contributed by atoms with van der Waals surface area (Å²) in [5, 5.41) is 3.42. The molecule has 3 N–H and O–H groups in total. The number of nitrogens with two attached hydrogens (primary N) is 1. The molecule has 2 fully saturated rings. The molecule has 0 radical (unpaired) electrons. The third-order valence-electron chi connectivity index (χ3n) is 4.46. The van der Waals surface area contributed by atoms with E-state index in [4.69, 9.17) is 5.73 Å². The van der Waals surface area contributed by atoms with Gasteiger partial charge in [0.05, 0.1) is 18.1 Å². The minimum Gasteiger partial charge on any atom is -0.396 e. The first-order valence-corrected chi connectivity index (χ1v) is 6.56. The van der Waals surface area contributed by atoms with Crippen molar-refractivity contribution in [2.24, 2.45) is 17.8 Å². The molecule has 1 heterocycles. The van der Waals surface area contributed by atoms with Crippen molar-refractivity contribution in [2.75, 3.05) is 11.1 Å². The van der Waals surface area contributed by atoms with Gasteiger partial charge in [0, 0.05) is 6.04 Å². The van der Waals surface area contributed by atoms with Crippen LogP contribution in [0.1, 0.15) is 32.6 Å². The number of hydrogen-bond acceptors (Lipinski definition) is 4. The first-order chi connectivity index (χ1) is 8.22. The molecule has 4 atom stereocenters. The number of nitrogen functional groups attached to an aromatic ring is 1. The fraction of sp³-hybridized carbons (Fsp3) is 0.692. The summed E-state index contributed by atoms with van der Waals surface area (Å²) in [5.74, 6) is 3.42. The third-order valence-corrected chi connectivity index (χ3v) is 4.46. The summed E-state index contributed by atoms with van der Waals surface area (Å²) in [7, 11) is 0. The van der Waals surface area contributed by atoms with E-state index in [1.165, 1.54) is 25.7 Å². The number of aromatic nitrogens is 2. The minimum absolute atomic E-state index is 0.467. The molecule has 0 aliphatic heterocycles. The number of fused-ring (bicyclic) bond motifs is 2. The summed E-state index contributed by atoms with van der Waals surface area (Å²) in [6, 6.07) is 0.467. The Morgan fingerprint density at radius 3 is 2.65 bits per heavy atom. The van der Waals surface area contributed by atoms with Crippen molar-refractivity contribution in [1.82, 2.24) is 9.97 Å². The van der Waals surface area contributed by atoms with Crippen molar-refractivity contribution in [2.45, 2.75) is 38.6 Å². The van der Waals surface area contributed by atoms with Crippen LogP contribution in [-0.2, 0) is 0 Å². The van der Waals surface area contributed by atoms with Gasteiger partial charge in [-0.2, -0.15) is 0 Å². The smallest absolute Gasteiger partial charge is 0.222 e. The van der Waals surface area contributed by atoms with Crippen LogP contribution >= 0.6 is 0 Å². The van der Waals surface area contributed by atoms with Gasteiger partial charge in [0.25, 0.3) is 0 Å². The first-order valence-electron chi connectivity index (χ1n) is 6.56. The molecule has 2 saturated carbocycles. The van der Waals surface area contributed by atoms with Gasteiger partial charge >= 0.3 is 0 Å². The molecule has 2 aliphatic carbocycles. The average molecular weight is 232 g/mol. The fourth-order valence-electron chi connectivity index (χ4n) is 3.63. The second-order valence-electron chi connectivity index (χ2n) is 5.61. The van der Waals surface area contributed by atoms with E-state index in [-0.39, 0.29) is 0 Å². The molecule has 4 unspecified atom stereocenters. The van der Waals surface area contributed by atoms with Crippen molar-refractivity contribution in [3.8, 4) is 0 Å². The predicted molar refractivity (Wildman–Crippen MR) is 68.5 cm³/mol. The summed E-state index contributed by atoms with van der Waals surface area (Å²) in [4.78, 5) is 8.41. The van der Waals surface area contributed by atoms with E-state index in [0.29, 0.717) is 17.7 Å². The molecular weight excluding hydrogens is 212 g/mol. The number of rotatable bonds is 3. The molecule has 92 valence electrons. The zero-order valence-electron chi connectivity index (χ0n) is 10.3. The van der Waals surface area contributed by atoms with Crippen molar-refractivity contribution in [3.63, 3.8) is 0 Å². The van der Waals surface area contributed by atoms with E-state index in [0.717, 1.165) is 17.8 Å². The van der Waals surface area contributed by atoms with E-state index >= 15 is 0 Å². The molecule has 2 bridgehead atoms. The van der Waals surface area contributed by atoms with Gasteiger partial charge < -0.3 is 11.1 Å². The SMILES string of the molecule is CC(Nc1ncc(N)cn1)C1CC2CCC1C2. The van der Waals surface area contributed by atoms with Crippen LogP contribution in [0.15, 0.2) is 12.4 Å². The van der Waals surface area contributed by atoms with Crippen molar-refractivity contribution >= 4 is 11.6 Å². The van der Waals surface area contributed by atoms with Gasteiger partial charge in [0.15, 0.2) is 0 Å². The van der Waals surface area contributed by atoms with E-state index < -0.39 is 0 Å². The summed E-state index contributed by atoms with van der Waals surface area (Å²) < 4.78 is 0. The summed E-state index contributed by atoms with van der Waals surface area (Å²) in [5.41, 5.74) is 6.19. The molecule has 3 rings (SSSR count). The molecular formula is C13H20N4. The minimum atomic E-state index is 0.467. The highest BCUT2D eigenvalue weighted by Gasteiger charge is 2.41. The largest absolute Gasteiger partial charge is 0.396 e. The lowest BCUT2D eigenvalue weighted by Crippen LogP contribution is -2.30. The second-order valence-corrected chi connectivity index (χ2v) is 5.61. The average Bonchev–Trinajstić information content (AvgIpc) is 2.94. The Hall–Kier alpha value is -1.32. The molecule has 0 spiro atoms. The van der Waals surface area contributed by atoms with Gasteiger partial charge in [-0.15, -0.1) is 0 Å². The van der Waals surface area contributed by atoms with Crippen molar-refractivity contribution in [1.29, 1.82) is 0 Å². The topological polar surface area (TPSA) is 63.8 Å². The zero-order chi connectivity index (χ0) is 11.8. The molecule has 2 aliphatic rings. The van der Waals surface area contributed by atoms with Gasteiger partial charge in [-0.05, 0) is 43.9 Å². The Morgan fingerprint density at radius 1 is 1.29 bits per heavy atom. The van der Waals surface area contributed by atoms with Crippen LogP contribution in [0.2, 0.25) is 0 Å². The van der Waals surface area contributed by atoms with Crippen LogP contribution in [-0.4, -0.2) is 16.0 Å². The van der Waals surface area contributed by atoms with Gasteiger partial charge in [0.1, 0.15) is 0 Å². The Labute approximate surface area is 102 Å². The highest BCUT2D eigenvalue weighted by molar-refractivity contribution is 5.36. The quantitative estimate of drug-likeness (QED) is 0.839. The van der Waals surface area contributed by atoms with Gasteiger partial charge in [-0.3, -0.25) is 0 Å². The first kappa shape index (κ1) is 10.8. The Morgan fingerprint density at radius 2 is 2.06 bits per heavy atom. The van der Waals surface area contributed by atoms with Crippen LogP contribution in [0.5, 0.6) is 0 Å². The number of hydrogen-bond donors (Lipinski definition) is 2. The monoisotopic (exact) mass is 232 g/mol. The molecule has 1 aromatic rings. The zero-order valence-corrected chi connectivity index (χ0v) is 10.3. The molecule has 4 nitrogen and oxygen atoms in total. The van der Waals surface area contributed by atoms with Crippen LogP contribution in [0.4, 0.5) is 11.6 Å². The number of anilines is 2. The van der Waals surface area contributed by atoms with Crippen LogP contribution < -0.4 is 11.1 Å². The molecule has 4 heteroatoms. The number of nitrogens with one attached hydrogen (secondary N) is 1. The van der Waals surface area contributed by atoms with Gasteiger partial charge in [-0.1, -0.05) is 6.42 Å². The number of nitrogens with zero attached hydrogens (tertiary/aromatic N) is 2. The molecule has 0 amide bonds. The van der Waals surface area contributed by atoms with Crippen LogP contribution in [0.25, 0.3) is 0 Å². The highest BCUT2D eigenvalue weighted by atomic mass is 15.1. The van der Waals surface area contributed by atoms with Gasteiger partial charge in [0.2, 0.25) is 5.95 Å². The Bertz CT molecular complexity index is 389. The Balaban J connectivity index is 1.63. The second kappa shape index (κ2) is 4.17. The standard InChI is InChI=1S/C13H20N4/c1-8(12-5-9-2-3-10(12)4-9)17-13-15-6-11(14)7-16-13/h6-10,12H,2-5,14H2,1H3,(H,15,16,17). The maximum atomic E-state index is 5.58. The summed E-state index contributed by atoms with van der Waals surface area (Å²) in [6.45, 7) is 2.26. The Kier molecular flexibility index (Phi) is 2.65. The van der Waals surface area contributed by atoms with E-state index in [1.54, 1.807) is 12.4 Å². The van der Waals surface area contributed by atoms with Crippen LogP contribution in [0, 0.1) is 17.8 Å².